The Morgan fingerprint density at radius 2 is 2.18 bits per heavy atom. The summed E-state index contributed by atoms with van der Waals surface area (Å²) in [5, 5.41) is 4.05. The summed E-state index contributed by atoms with van der Waals surface area (Å²) >= 11 is 1.47. The molecule has 1 unspecified atom stereocenters. The Hall–Kier alpha value is -0.460. The van der Waals surface area contributed by atoms with Gasteiger partial charge in [0.25, 0.3) is 0 Å². The average Bonchev–Trinajstić information content (AvgIpc) is 2.73. The molecule has 0 saturated heterocycles. The van der Waals surface area contributed by atoms with Crippen molar-refractivity contribution in [2.45, 2.75) is 45.5 Å². The van der Waals surface area contributed by atoms with E-state index in [2.05, 4.69) is 24.1 Å². The lowest BCUT2D eigenvalue weighted by atomic mass is 10.2. The summed E-state index contributed by atoms with van der Waals surface area (Å²) in [5.74, 6) is 0.241. The van der Waals surface area contributed by atoms with E-state index < -0.39 is 9.84 Å². The Labute approximate surface area is 107 Å². The second-order valence-corrected chi connectivity index (χ2v) is 7.64. The second kappa shape index (κ2) is 6.47. The topological polar surface area (TPSA) is 59.1 Å². The van der Waals surface area contributed by atoms with Gasteiger partial charge in [-0.05, 0) is 13.3 Å². The van der Waals surface area contributed by atoms with Gasteiger partial charge < -0.3 is 5.32 Å². The van der Waals surface area contributed by atoms with Gasteiger partial charge in [-0.1, -0.05) is 13.8 Å². The van der Waals surface area contributed by atoms with E-state index in [-0.39, 0.29) is 11.5 Å². The average molecular weight is 276 g/mol. The monoisotopic (exact) mass is 276 g/mol. The molecule has 1 N–H and O–H groups in total. The zero-order chi connectivity index (χ0) is 12.9. The third-order valence-corrected chi connectivity index (χ3v) is 5.39. The highest BCUT2D eigenvalue weighted by Crippen LogP contribution is 2.16. The maximum absolute atomic E-state index is 11.4. The minimum Gasteiger partial charge on any atom is -0.309 e. The van der Waals surface area contributed by atoms with Crippen LogP contribution in [0.2, 0.25) is 0 Å². The molecular formula is C11H20N2O2S2. The number of nitrogens with one attached hydrogen (secondary N) is 1. The van der Waals surface area contributed by atoms with Gasteiger partial charge in [0.1, 0.15) is 10.8 Å². The fourth-order valence-corrected chi connectivity index (χ4v) is 3.30. The Kier molecular flexibility index (Phi) is 5.55. The molecule has 0 aliphatic heterocycles. The van der Waals surface area contributed by atoms with Gasteiger partial charge in [-0.15, -0.1) is 11.3 Å². The minimum atomic E-state index is -2.97. The van der Waals surface area contributed by atoms with Gasteiger partial charge in [-0.3, -0.25) is 0 Å². The number of sulfone groups is 1. The molecule has 0 spiro atoms. The maximum Gasteiger partial charge on any atom is 0.156 e. The van der Waals surface area contributed by atoms with E-state index in [0.717, 1.165) is 17.8 Å². The van der Waals surface area contributed by atoms with Crippen LogP contribution in [0.1, 0.15) is 37.1 Å². The zero-order valence-electron chi connectivity index (χ0n) is 10.6. The number of rotatable bonds is 7. The van der Waals surface area contributed by atoms with E-state index in [9.17, 15) is 8.42 Å². The predicted molar refractivity (Wildman–Crippen MR) is 71.9 cm³/mol. The molecule has 98 valence electrons. The minimum absolute atomic E-state index is 0.0670. The highest BCUT2D eigenvalue weighted by atomic mass is 32.2. The molecule has 1 aromatic heterocycles. The number of hydrogen-bond donors (Lipinski definition) is 1. The van der Waals surface area contributed by atoms with Crippen LogP contribution in [0.5, 0.6) is 0 Å². The van der Waals surface area contributed by atoms with Gasteiger partial charge in [0.05, 0.1) is 0 Å². The summed E-state index contributed by atoms with van der Waals surface area (Å²) in [5.41, 5.74) is 0. The van der Waals surface area contributed by atoms with Crippen LogP contribution < -0.4 is 5.32 Å². The summed E-state index contributed by atoms with van der Waals surface area (Å²) < 4.78 is 22.9. The van der Waals surface area contributed by atoms with Crippen molar-refractivity contribution >= 4 is 21.2 Å². The molecule has 0 radical (unpaired) electrons. The fraction of sp³-hybridized carbons (Fsp3) is 0.727. The number of aromatic nitrogens is 1. The van der Waals surface area contributed by atoms with Crippen LogP contribution in [0.15, 0.2) is 6.20 Å². The molecule has 0 amide bonds. The van der Waals surface area contributed by atoms with Crippen LogP contribution in [0.4, 0.5) is 0 Å². The Morgan fingerprint density at radius 3 is 2.76 bits per heavy atom. The summed E-state index contributed by atoms with van der Waals surface area (Å²) in [6, 6.07) is 0.472. The van der Waals surface area contributed by atoms with Crippen LogP contribution in [0, 0.1) is 0 Å². The van der Waals surface area contributed by atoms with E-state index in [1.165, 1.54) is 11.3 Å². The summed E-state index contributed by atoms with van der Waals surface area (Å²) in [6.07, 6.45) is 2.84. The first-order chi connectivity index (χ1) is 7.96. The molecule has 1 aromatic rings. The van der Waals surface area contributed by atoms with Crippen molar-refractivity contribution in [2.75, 3.05) is 5.75 Å². The van der Waals surface area contributed by atoms with Gasteiger partial charge in [-0.25, -0.2) is 13.4 Å². The van der Waals surface area contributed by atoms with E-state index >= 15 is 0 Å². The lowest BCUT2D eigenvalue weighted by Crippen LogP contribution is -2.23. The van der Waals surface area contributed by atoms with Gasteiger partial charge in [0, 0.05) is 29.4 Å². The second-order valence-electron chi connectivity index (χ2n) is 4.09. The first kappa shape index (κ1) is 14.6. The zero-order valence-corrected chi connectivity index (χ0v) is 12.2. The molecular weight excluding hydrogens is 256 g/mol. The van der Waals surface area contributed by atoms with Crippen LogP contribution in [0.3, 0.4) is 0 Å². The normalized spacial score (nSPS) is 13.8. The number of nitrogens with zero attached hydrogens (tertiary/aromatic N) is 1. The molecule has 6 heteroatoms. The van der Waals surface area contributed by atoms with Gasteiger partial charge >= 0.3 is 0 Å². The lowest BCUT2D eigenvalue weighted by Gasteiger charge is -2.08. The Bertz CT molecular complexity index is 440. The van der Waals surface area contributed by atoms with Crippen LogP contribution in [-0.2, 0) is 22.1 Å². The van der Waals surface area contributed by atoms with Crippen LogP contribution in [-0.4, -0.2) is 25.2 Å². The highest BCUT2D eigenvalue weighted by molar-refractivity contribution is 7.90. The van der Waals surface area contributed by atoms with E-state index in [0.29, 0.717) is 11.0 Å². The fourth-order valence-electron chi connectivity index (χ4n) is 1.21. The van der Waals surface area contributed by atoms with Crippen molar-refractivity contribution in [2.24, 2.45) is 0 Å². The molecule has 1 rings (SSSR count). The smallest absolute Gasteiger partial charge is 0.156 e. The highest BCUT2D eigenvalue weighted by Gasteiger charge is 2.12. The molecule has 0 aliphatic rings. The molecule has 0 fully saturated rings. The van der Waals surface area contributed by atoms with Crippen LogP contribution in [0.25, 0.3) is 0 Å². The van der Waals surface area contributed by atoms with Crippen LogP contribution >= 0.6 is 11.3 Å². The third-order valence-electron chi connectivity index (χ3n) is 2.62. The first-order valence-corrected chi connectivity index (χ1v) is 8.48. The lowest BCUT2D eigenvalue weighted by molar-refractivity contribution is 0.537. The molecule has 0 saturated carbocycles. The molecule has 17 heavy (non-hydrogen) atoms. The summed E-state index contributed by atoms with van der Waals surface area (Å²) in [4.78, 5) is 5.24. The van der Waals surface area contributed by atoms with Crippen molar-refractivity contribution in [3.8, 4) is 0 Å². The SMILES string of the molecule is CCC(C)NCc1cnc(CS(=O)(=O)CC)s1. The summed E-state index contributed by atoms with van der Waals surface area (Å²) in [6.45, 7) is 6.68. The first-order valence-electron chi connectivity index (χ1n) is 5.84. The largest absolute Gasteiger partial charge is 0.309 e. The van der Waals surface area contributed by atoms with Gasteiger partial charge in [0.2, 0.25) is 0 Å². The molecule has 0 bridgehead atoms. The molecule has 0 aliphatic carbocycles. The van der Waals surface area contributed by atoms with Gasteiger partial charge in [-0.2, -0.15) is 0 Å². The Morgan fingerprint density at radius 1 is 1.47 bits per heavy atom. The standard InChI is InChI=1S/C11H20N2O2S2/c1-4-9(3)12-6-10-7-13-11(16-10)8-17(14,15)5-2/h7,9,12H,4-6,8H2,1-3H3. The van der Waals surface area contributed by atoms with Crippen molar-refractivity contribution in [1.29, 1.82) is 0 Å². The molecule has 1 atom stereocenters. The number of thiazole rings is 1. The van der Waals surface area contributed by atoms with Gasteiger partial charge in [0.15, 0.2) is 9.84 Å². The Balaban J connectivity index is 2.54. The molecule has 4 nitrogen and oxygen atoms in total. The van der Waals surface area contributed by atoms with E-state index in [1.54, 1.807) is 13.1 Å². The third kappa shape index (κ3) is 5.14. The maximum atomic E-state index is 11.4. The van der Waals surface area contributed by atoms with Crippen molar-refractivity contribution in [3.63, 3.8) is 0 Å². The van der Waals surface area contributed by atoms with Crippen molar-refractivity contribution in [1.82, 2.24) is 10.3 Å². The van der Waals surface area contributed by atoms with E-state index in [1.807, 2.05) is 0 Å². The number of hydrogen-bond acceptors (Lipinski definition) is 5. The summed E-state index contributed by atoms with van der Waals surface area (Å²) in [7, 11) is -2.97. The predicted octanol–water partition coefficient (Wildman–Crippen LogP) is 1.97. The quantitative estimate of drug-likeness (QED) is 0.827. The molecule has 0 aromatic carbocycles. The van der Waals surface area contributed by atoms with Crippen molar-refractivity contribution in [3.05, 3.63) is 16.1 Å². The molecule has 1 heterocycles. The van der Waals surface area contributed by atoms with Crippen molar-refractivity contribution < 1.29 is 8.42 Å². The van der Waals surface area contributed by atoms with E-state index in [4.69, 9.17) is 0 Å².